The quantitative estimate of drug-likeness (QED) is 0.906. The Labute approximate surface area is 115 Å². The number of hydrogen-bond donors (Lipinski definition) is 1. The predicted molar refractivity (Wildman–Crippen MR) is 77.3 cm³/mol. The fraction of sp³-hybridized carbons (Fsp3) is 0.733. The van der Waals surface area contributed by atoms with E-state index >= 15 is 0 Å². The summed E-state index contributed by atoms with van der Waals surface area (Å²) < 4.78 is 0. The van der Waals surface area contributed by atoms with Gasteiger partial charge in [-0.2, -0.15) is 0 Å². The van der Waals surface area contributed by atoms with E-state index in [1.165, 1.54) is 25.7 Å². The second-order valence-corrected chi connectivity index (χ2v) is 6.24. The summed E-state index contributed by atoms with van der Waals surface area (Å²) in [5, 5.41) is 3.44. The van der Waals surface area contributed by atoms with Crippen molar-refractivity contribution in [3.05, 3.63) is 17.5 Å². The molecule has 4 heteroatoms. The highest BCUT2D eigenvalue weighted by Crippen LogP contribution is 2.37. The van der Waals surface area contributed by atoms with Gasteiger partial charge in [0.25, 0.3) is 0 Å². The lowest BCUT2D eigenvalue weighted by Gasteiger charge is -2.36. The number of fused-ring (bicyclic) bond motifs is 2. The van der Waals surface area contributed by atoms with Crippen molar-refractivity contribution in [1.82, 2.24) is 14.9 Å². The Morgan fingerprint density at radius 3 is 2.32 bits per heavy atom. The first-order valence-electron chi connectivity index (χ1n) is 7.40. The summed E-state index contributed by atoms with van der Waals surface area (Å²) in [6.45, 7) is 5.06. The first-order valence-corrected chi connectivity index (χ1v) is 7.40. The van der Waals surface area contributed by atoms with E-state index in [-0.39, 0.29) is 0 Å². The smallest absolute Gasteiger partial charge is 0.223 e. The summed E-state index contributed by atoms with van der Waals surface area (Å²) in [5.41, 5.74) is 2.08. The molecule has 4 nitrogen and oxygen atoms in total. The van der Waals surface area contributed by atoms with E-state index in [0.717, 1.165) is 41.9 Å². The van der Waals surface area contributed by atoms with Crippen molar-refractivity contribution in [2.45, 2.75) is 51.6 Å². The van der Waals surface area contributed by atoms with Crippen LogP contribution in [0.25, 0.3) is 0 Å². The Morgan fingerprint density at radius 2 is 1.74 bits per heavy atom. The Kier molecular flexibility index (Phi) is 3.44. The van der Waals surface area contributed by atoms with Crippen LogP contribution >= 0.6 is 0 Å². The summed E-state index contributed by atoms with van der Waals surface area (Å²) in [6.07, 6.45) is 5.42. The standard InChI is InChI=1S/C15H24N4/c1-10-6-11(2)18-15(17-10)16-9-12-7-13-4-5-14(8-12)19(13)3/h6,12-14H,4-5,7-9H2,1-3H3,(H,16,17,18). The molecule has 1 aromatic heterocycles. The Morgan fingerprint density at radius 1 is 1.16 bits per heavy atom. The molecule has 1 N–H and O–H groups in total. The molecule has 2 aliphatic rings. The molecular weight excluding hydrogens is 236 g/mol. The second kappa shape index (κ2) is 5.08. The molecular formula is C15H24N4. The number of rotatable bonds is 3. The van der Waals surface area contributed by atoms with E-state index in [4.69, 9.17) is 0 Å². The van der Waals surface area contributed by atoms with E-state index in [1.807, 2.05) is 19.9 Å². The lowest BCUT2D eigenvalue weighted by atomic mass is 9.91. The number of nitrogens with one attached hydrogen (secondary N) is 1. The second-order valence-electron chi connectivity index (χ2n) is 6.24. The van der Waals surface area contributed by atoms with E-state index in [0.29, 0.717) is 0 Å². The van der Waals surface area contributed by atoms with Crippen LogP contribution in [0.15, 0.2) is 6.07 Å². The van der Waals surface area contributed by atoms with E-state index < -0.39 is 0 Å². The minimum Gasteiger partial charge on any atom is -0.354 e. The summed E-state index contributed by atoms with van der Waals surface area (Å²) in [4.78, 5) is 11.5. The van der Waals surface area contributed by atoms with Crippen LogP contribution in [0.1, 0.15) is 37.1 Å². The third-order valence-electron chi connectivity index (χ3n) is 4.73. The molecule has 2 atom stereocenters. The Bertz CT molecular complexity index is 425. The van der Waals surface area contributed by atoms with Gasteiger partial charge in [-0.25, -0.2) is 9.97 Å². The molecule has 0 spiro atoms. The van der Waals surface area contributed by atoms with Crippen LogP contribution in [-0.4, -0.2) is 40.5 Å². The summed E-state index contributed by atoms with van der Waals surface area (Å²) in [7, 11) is 2.29. The van der Waals surface area contributed by atoms with Gasteiger partial charge in [0, 0.05) is 30.0 Å². The van der Waals surface area contributed by atoms with Crippen LogP contribution in [0.5, 0.6) is 0 Å². The lowest BCUT2D eigenvalue weighted by Crippen LogP contribution is -2.41. The van der Waals surface area contributed by atoms with Gasteiger partial charge in [-0.15, -0.1) is 0 Å². The average Bonchev–Trinajstić information content (AvgIpc) is 2.60. The van der Waals surface area contributed by atoms with Crippen LogP contribution in [-0.2, 0) is 0 Å². The molecule has 2 bridgehead atoms. The van der Waals surface area contributed by atoms with E-state index in [2.05, 4.69) is 27.2 Å². The highest BCUT2D eigenvalue weighted by Gasteiger charge is 2.38. The summed E-state index contributed by atoms with van der Waals surface area (Å²) in [5.74, 6) is 1.57. The van der Waals surface area contributed by atoms with E-state index in [1.54, 1.807) is 0 Å². The SMILES string of the molecule is Cc1cc(C)nc(NCC2CC3CCC(C2)N3C)n1. The predicted octanol–water partition coefficient (Wildman–Crippen LogP) is 2.38. The van der Waals surface area contributed by atoms with Crippen LogP contribution in [0.4, 0.5) is 5.95 Å². The highest BCUT2D eigenvalue weighted by atomic mass is 15.2. The molecule has 2 fully saturated rings. The maximum atomic E-state index is 4.45. The van der Waals surface area contributed by atoms with Gasteiger partial charge in [0.05, 0.1) is 0 Å². The largest absolute Gasteiger partial charge is 0.354 e. The molecule has 0 amide bonds. The fourth-order valence-electron chi connectivity index (χ4n) is 3.73. The van der Waals surface area contributed by atoms with Crippen molar-refractivity contribution in [1.29, 1.82) is 0 Å². The van der Waals surface area contributed by atoms with Crippen molar-refractivity contribution in [2.75, 3.05) is 18.9 Å². The molecule has 0 saturated carbocycles. The summed E-state index contributed by atoms with van der Waals surface area (Å²) in [6, 6.07) is 3.64. The Hall–Kier alpha value is -1.16. The zero-order valence-electron chi connectivity index (χ0n) is 12.2. The normalized spacial score (nSPS) is 30.6. The Balaban J connectivity index is 1.58. The number of hydrogen-bond acceptors (Lipinski definition) is 4. The van der Waals surface area contributed by atoms with Gasteiger partial charge >= 0.3 is 0 Å². The minimum atomic E-state index is 0.776. The molecule has 2 saturated heterocycles. The van der Waals surface area contributed by atoms with Gasteiger partial charge in [0.2, 0.25) is 5.95 Å². The minimum absolute atomic E-state index is 0.776. The fourth-order valence-corrected chi connectivity index (χ4v) is 3.73. The molecule has 104 valence electrons. The average molecular weight is 260 g/mol. The lowest BCUT2D eigenvalue weighted by molar-refractivity contribution is 0.139. The van der Waals surface area contributed by atoms with Gasteiger partial charge in [0.15, 0.2) is 0 Å². The molecule has 1 aromatic rings. The number of aromatic nitrogens is 2. The summed E-state index contributed by atoms with van der Waals surface area (Å²) >= 11 is 0. The van der Waals surface area contributed by atoms with Crippen molar-refractivity contribution in [2.24, 2.45) is 5.92 Å². The number of anilines is 1. The van der Waals surface area contributed by atoms with Crippen molar-refractivity contribution in [3.8, 4) is 0 Å². The van der Waals surface area contributed by atoms with Crippen LogP contribution < -0.4 is 5.32 Å². The zero-order valence-corrected chi connectivity index (χ0v) is 12.2. The molecule has 2 unspecified atom stereocenters. The molecule has 0 radical (unpaired) electrons. The monoisotopic (exact) mass is 260 g/mol. The number of aryl methyl sites for hydroxylation is 2. The van der Waals surface area contributed by atoms with Gasteiger partial charge in [-0.1, -0.05) is 0 Å². The molecule has 0 aromatic carbocycles. The van der Waals surface area contributed by atoms with Crippen LogP contribution in [0.2, 0.25) is 0 Å². The molecule has 19 heavy (non-hydrogen) atoms. The molecule has 0 aliphatic carbocycles. The van der Waals surface area contributed by atoms with Crippen molar-refractivity contribution < 1.29 is 0 Å². The van der Waals surface area contributed by atoms with Gasteiger partial charge in [-0.05, 0) is 58.6 Å². The number of nitrogens with zero attached hydrogens (tertiary/aromatic N) is 3. The first kappa shape index (κ1) is 12.9. The third-order valence-corrected chi connectivity index (χ3v) is 4.73. The first-order chi connectivity index (χ1) is 9.11. The molecule has 2 aliphatic heterocycles. The van der Waals surface area contributed by atoms with Crippen LogP contribution in [0, 0.1) is 19.8 Å². The van der Waals surface area contributed by atoms with Crippen LogP contribution in [0.3, 0.4) is 0 Å². The molecule has 3 rings (SSSR count). The zero-order chi connectivity index (χ0) is 13.4. The topological polar surface area (TPSA) is 41.1 Å². The molecule has 3 heterocycles. The van der Waals surface area contributed by atoms with Gasteiger partial charge in [0.1, 0.15) is 0 Å². The van der Waals surface area contributed by atoms with Gasteiger partial charge < -0.3 is 10.2 Å². The van der Waals surface area contributed by atoms with Crippen molar-refractivity contribution in [3.63, 3.8) is 0 Å². The van der Waals surface area contributed by atoms with E-state index in [9.17, 15) is 0 Å². The maximum absolute atomic E-state index is 4.45. The highest BCUT2D eigenvalue weighted by molar-refractivity contribution is 5.27. The van der Waals surface area contributed by atoms with Crippen molar-refractivity contribution >= 4 is 5.95 Å². The third kappa shape index (κ3) is 2.73. The van der Waals surface area contributed by atoms with Gasteiger partial charge in [-0.3, -0.25) is 0 Å². The number of piperidine rings is 1. The maximum Gasteiger partial charge on any atom is 0.223 e.